The van der Waals surface area contributed by atoms with Gasteiger partial charge in [-0.3, -0.25) is 4.90 Å². The summed E-state index contributed by atoms with van der Waals surface area (Å²) in [5.74, 6) is 0.186. The molecule has 0 saturated carbocycles. The van der Waals surface area contributed by atoms with Crippen molar-refractivity contribution in [2.75, 3.05) is 18.8 Å². The third-order valence-corrected chi connectivity index (χ3v) is 5.85. The van der Waals surface area contributed by atoms with Crippen LogP contribution < -0.4 is 0 Å². The van der Waals surface area contributed by atoms with Gasteiger partial charge in [-0.15, -0.1) is 0 Å². The van der Waals surface area contributed by atoms with Crippen molar-refractivity contribution >= 4 is 10.0 Å². The van der Waals surface area contributed by atoms with Crippen LogP contribution in [0.4, 0.5) is 0 Å². The number of nitrogens with zero attached hydrogens (tertiary/aromatic N) is 2. The van der Waals surface area contributed by atoms with Crippen molar-refractivity contribution in [3.8, 4) is 0 Å². The molecule has 0 N–H and O–H groups in total. The molecule has 2 rings (SSSR count). The van der Waals surface area contributed by atoms with Crippen LogP contribution in [0.3, 0.4) is 0 Å². The van der Waals surface area contributed by atoms with Crippen molar-refractivity contribution in [1.82, 2.24) is 9.21 Å². The summed E-state index contributed by atoms with van der Waals surface area (Å²) in [7, 11) is -3.08. The molecule has 0 amide bonds. The quantitative estimate of drug-likeness (QED) is 0.852. The number of hydrogen-bond donors (Lipinski definition) is 0. The van der Waals surface area contributed by atoms with Gasteiger partial charge in [-0.2, -0.15) is 4.31 Å². The van der Waals surface area contributed by atoms with Crippen LogP contribution >= 0.6 is 0 Å². The van der Waals surface area contributed by atoms with Crippen molar-refractivity contribution in [1.29, 1.82) is 0 Å². The summed E-state index contributed by atoms with van der Waals surface area (Å²) in [6.07, 6.45) is 0. The molecular formula is C15H24N2O2S. The summed E-state index contributed by atoms with van der Waals surface area (Å²) in [5.41, 5.74) is 1.28. The lowest BCUT2D eigenvalue weighted by molar-refractivity contribution is 0.0699. The molecule has 2 unspecified atom stereocenters. The largest absolute Gasteiger partial charge is 0.291 e. The molecule has 112 valence electrons. The Morgan fingerprint density at radius 2 is 1.65 bits per heavy atom. The summed E-state index contributed by atoms with van der Waals surface area (Å²) < 4.78 is 25.7. The average Bonchev–Trinajstić information content (AvgIpc) is 2.43. The van der Waals surface area contributed by atoms with E-state index in [1.54, 1.807) is 11.2 Å². The number of hydrogen-bond acceptors (Lipinski definition) is 3. The van der Waals surface area contributed by atoms with Gasteiger partial charge in [-0.25, -0.2) is 8.42 Å². The Kier molecular flexibility index (Phi) is 4.83. The van der Waals surface area contributed by atoms with Crippen LogP contribution in [0.25, 0.3) is 0 Å². The van der Waals surface area contributed by atoms with Crippen molar-refractivity contribution in [3.63, 3.8) is 0 Å². The number of benzene rings is 1. The second-order valence-electron chi connectivity index (χ2n) is 5.57. The normalized spacial score (nSPS) is 25.8. The molecule has 1 aromatic rings. The van der Waals surface area contributed by atoms with E-state index < -0.39 is 10.0 Å². The fourth-order valence-corrected chi connectivity index (χ4v) is 4.07. The van der Waals surface area contributed by atoms with E-state index in [1.165, 1.54) is 5.56 Å². The third kappa shape index (κ3) is 3.40. The maximum Gasteiger partial charge on any atom is 0.213 e. The fourth-order valence-electron chi connectivity index (χ4n) is 2.82. The summed E-state index contributed by atoms with van der Waals surface area (Å²) in [6.45, 7) is 7.98. The highest BCUT2D eigenvalue weighted by molar-refractivity contribution is 7.89. The zero-order valence-corrected chi connectivity index (χ0v) is 13.3. The van der Waals surface area contributed by atoms with Crippen molar-refractivity contribution in [3.05, 3.63) is 35.9 Å². The van der Waals surface area contributed by atoms with Crippen LogP contribution in [0.1, 0.15) is 26.3 Å². The molecule has 1 aromatic carbocycles. The maximum atomic E-state index is 12.0. The third-order valence-electron chi connectivity index (χ3n) is 4.03. The van der Waals surface area contributed by atoms with E-state index in [9.17, 15) is 8.42 Å². The van der Waals surface area contributed by atoms with Gasteiger partial charge in [0.25, 0.3) is 0 Å². The minimum absolute atomic E-state index is 0.186. The van der Waals surface area contributed by atoms with Gasteiger partial charge >= 0.3 is 0 Å². The molecule has 1 fully saturated rings. The van der Waals surface area contributed by atoms with Gasteiger partial charge in [0.15, 0.2) is 0 Å². The number of piperazine rings is 1. The van der Waals surface area contributed by atoms with Crippen molar-refractivity contribution in [2.45, 2.75) is 39.4 Å². The first-order valence-corrected chi connectivity index (χ1v) is 8.82. The second-order valence-corrected chi connectivity index (χ2v) is 7.83. The predicted molar refractivity (Wildman–Crippen MR) is 81.9 cm³/mol. The van der Waals surface area contributed by atoms with E-state index in [1.807, 2.05) is 18.2 Å². The molecular weight excluding hydrogens is 272 g/mol. The molecule has 0 spiro atoms. The van der Waals surface area contributed by atoms with Gasteiger partial charge < -0.3 is 0 Å². The van der Waals surface area contributed by atoms with Crippen LogP contribution in [-0.2, 0) is 16.6 Å². The van der Waals surface area contributed by atoms with Crippen LogP contribution in [-0.4, -0.2) is 48.5 Å². The molecule has 1 aliphatic heterocycles. The number of sulfonamides is 1. The van der Waals surface area contributed by atoms with Gasteiger partial charge in [0.2, 0.25) is 10.0 Å². The summed E-state index contributed by atoms with van der Waals surface area (Å²) >= 11 is 0. The van der Waals surface area contributed by atoms with E-state index in [0.717, 1.165) is 6.54 Å². The second kappa shape index (κ2) is 6.24. The van der Waals surface area contributed by atoms with Gasteiger partial charge in [0.1, 0.15) is 0 Å². The highest BCUT2D eigenvalue weighted by Gasteiger charge is 2.34. The number of rotatable bonds is 4. The molecule has 5 heteroatoms. The van der Waals surface area contributed by atoms with Crippen LogP contribution in [0.5, 0.6) is 0 Å². The van der Waals surface area contributed by atoms with Gasteiger partial charge in [0.05, 0.1) is 5.75 Å². The Morgan fingerprint density at radius 1 is 1.10 bits per heavy atom. The van der Waals surface area contributed by atoms with E-state index in [0.29, 0.717) is 13.1 Å². The van der Waals surface area contributed by atoms with Crippen LogP contribution in [0, 0.1) is 0 Å². The van der Waals surface area contributed by atoms with Gasteiger partial charge in [-0.05, 0) is 26.3 Å². The molecule has 4 nitrogen and oxygen atoms in total. The van der Waals surface area contributed by atoms with Crippen molar-refractivity contribution in [2.24, 2.45) is 0 Å². The Morgan fingerprint density at radius 3 is 2.15 bits per heavy atom. The molecule has 1 aliphatic rings. The maximum absolute atomic E-state index is 12.0. The predicted octanol–water partition coefficient (Wildman–Crippen LogP) is 1.93. The lowest BCUT2D eigenvalue weighted by Crippen LogP contribution is -2.57. The molecule has 0 aromatic heterocycles. The van der Waals surface area contributed by atoms with E-state index >= 15 is 0 Å². The minimum atomic E-state index is -3.08. The Balaban J connectivity index is 2.08. The first-order chi connectivity index (χ1) is 9.44. The molecule has 0 bridgehead atoms. The molecule has 0 radical (unpaired) electrons. The average molecular weight is 296 g/mol. The van der Waals surface area contributed by atoms with Gasteiger partial charge in [-0.1, -0.05) is 30.3 Å². The van der Waals surface area contributed by atoms with Crippen molar-refractivity contribution < 1.29 is 8.42 Å². The van der Waals surface area contributed by atoms with Crippen LogP contribution in [0.2, 0.25) is 0 Å². The van der Waals surface area contributed by atoms with E-state index in [-0.39, 0.29) is 17.8 Å². The molecule has 0 aliphatic carbocycles. The Bertz CT molecular complexity index is 518. The fraction of sp³-hybridized carbons (Fsp3) is 0.600. The lowest BCUT2D eigenvalue weighted by atomic mass is 10.1. The van der Waals surface area contributed by atoms with Crippen LogP contribution in [0.15, 0.2) is 30.3 Å². The summed E-state index contributed by atoms with van der Waals surface area (Å²) in [6, 6.07) is 10.8. The standard InChI is InChI=1S/C15H24N2O2S/c1-4-20(18,19)16-10-13(2)17(14(3)11-16)12-15-8-6-5-7-9-15/h5-9,13-14H,4,10-12H2,1-3H3. The minimum Gasteiger partial charge on any atom is -0.291 e. The van der Waals surface area contributed by atoms with E-state index in [4.69, 9.17) is 0 Å². The zero-order chi connectivity index (χ0) is 14.8. The highest BCUT2D eigenvalue weighted by Crippen LogP contribution is 2.21. The first kappa shape index (κ1) is 15.5. The first-order valence-electron chi connectivity index (χ1n) is 7.21. The van der Waals surface area contributed by atoms with E-state index in [2.05, 4.69) is 30.9 Å². The Hall–Kier alpha value is -0.910. The highest BCUT2D eigenvalue weighted by atomic mass is 32.2. The van der Waals surface area contributed by atoms with Gasteiger partial charge in [0, 0.05) is 31.7 Å². The molecule has 1 saturated heterocycles. The topological polar surface area (TPSA) is 40.6 Å². The monoisotopic (exact) mass is 296 g/mol. The zero-order valence-electron chi connectivity index (χ0n) is 12.5. The SMILES string of the molecule is CCS(=O)(=O)N1CC(C)N(Cc2ccccc2)C(C)C1. The molecule has 20 heavy (non-hydrogen) atoms. The molecule has 1 heterocycles. The summed E-state index contributed by atoms with van der Waals surface area (Å²) in [5, 5.41) is 0. The summed E-state index contributed by atoms with van der Waals surface area (Å²) in [4.78, 5) is 2.39. The smallest absolute Gasteiger partial charge is 0.213 e. The molecule has 2 atom stereocenters. The lowest BCUT2D eigenvalue weighted by Gasteiger charge is -2.43. The Labute approximate surface area is 122 Å².